The highest BCUT2D eigenvalue weighted by atomic mass is 16.5. The summed E-state index contributed by atoms with van der Waals surface area (Å²) >= 11 is 0. The molecule has 0 saturated heterocycles. The van der Waals surface area contributed by atoms with E-state index in [1.54, 1.807) is 13.8 Å². The number of ether oxygens (including phenoxy) is 1. The first kappa shape index (κ1) is 11.1. The lowest BCUT2D eigenvalue weighted by molar-refractivity contribution is 0.0282. The fourth-order valence-corrected chi connectivity index (χ4v) is 1.22. The van der Waals surface area contributed by atoms with Crippen molar-refractivity contribution in [2.45, 2.75) is 33.3 Å². The Morgan fingerprint density at radius 1 is 1.29 bits per heavy atom. The molecular weight excluding hydrogens is 176 g/mol. The van der Waals surface area contributed by atoms with Crippen LogP contribution in [-0.2, 0) is 0 Å². The van der Waals surface area contributed by atoms with Gasteiger partial charge in [0.15, 0.2) is 0 Å². The molecule has 0 spiro atoms. The van der Waals surface area contributed by atoms with Crippen LogP contribution in [0.4, 0.5) is 0 Å². The fourth-order valence-electron chi connectivity index (χ4n) is 1.22. The van der Waals surface area contributed by atoms with Crippen molar-refractivity contribution in [2.75, 3.05) is 6.61 Å². The number of aryl methyl sites for hydroxylation is 2. The van der Waals surface area contributed by atoms with Crippen molar-refractivity contribution >= 4 is 0 Å². The molecule has 0 aromatic heterocycles. The van der Waals surface area contributed by atoms with Gasteiger partial charge in [-0.3, -0.25) is 0 Å². The fraction of sp³-hybridized carbons (Fsp3) is 0.500. The van der Waals surface area contributed by atoms with Gasteiger partial charge in [0.25, 0.3) is 0 Å². The lowest BCUT2D eigenvalue weighted by Gasteiger charge is -2.18. The molecule has 0 atom stereocenters. The maximum atomic E-state index is 9.50. The molecule has 0 unspecified atom stereocenters. The molecule has 0 aliphatic rings. The lowest BCUT2D eigenvalue weighted by Crippen LogP contribution is -2.28. The Bertz CT molecular complexity index is 311. The third-order valence-electron chi connectivity index (χ3n) is 1.91. The second kappa shape index (κ2) is 4.01. The minimum absolute atomic E-state index is 0.316. The van der Waals surface area contributed by atoms with E-state index in [4.69, 9.17) is 4.74 Å². The van der Waals surface area contributed by atoms with Gasteiger partial charge in [0.1, 0.15) is 12.4 Å². The molecule has 0 saturated carbocycles. The molecule has 0 aliphatic carbocycles. The maximum absolute atomic E-state index is 9.50. The summed E-state index contributed by atoms with van der Waals surface area (Å²) in [6.07, 6.45) is 0. The summed E-state index contributed by atoms with van der Waals surface area (Å²) in [5.41, 5.74) is 1.55. The van der Waals surface area contributed by atoms with E-state index < -0.39 is 5.60 Å². The van der Waals surface area contributed by atoms with Crippen LogP contribution in [0.1, 0.15) is 25.0 Å². The van der Waals surface area contributed by atoms with E-state index >= 15 is 0 Å². The third-order valence-corrected chi connectivity index (χ3v) is 1.91. The van der Waals surface area contributed by atoms with Crippen LogP contribution in [-0.4, -0.2) is 17.3 Å². The van der Waals surface area contributed by atoms with Crippen molar-refractivity contribution in [2.24, 2.45) is 0 Å². The Morgan fingerprint density at radius 3 is 2.43 bits per heavy atom. The van der Waals surface area contributed by atoms with E-state index in [9.17, 15) is 5.11 Å². The Kier molecular flexibility index (Phi) is 3.17. The largest absolute Gasteiger partial charge is 0.490 e. The van der Waals surface area contributed by atoms with E-state index in [1.807, 2.05) is 26.0 Å². The summed E-state index contributed by atoms with van der Waals surface area (Å²) in [7, 11) is 0. The first-order valence-electron chi connectivity index (χ1n) is 4.81. The molecule has 1 aromatic rings. The molecule has 1 N–H and O–H groups in total. The highest BCUT2D eigenvalue weighted by Crippen LogP contribution is 2.19. The average Bonchev–Trinajstić information content (AvgIpc) is 2.00. The van der Waals surface area contributed by atoms with Crippen LogP contribution in [0.2, 0.25) is 0 Å². The predicted octanol–water partition coefficient (Wildman–Crippen LogP) is 2.45. The van der Waals surface area contributed by atoms with Crippen LogP contribution in [0, 0.1) is 13.8 Å². The molecule has 78 valence electrons. The number of rotatable bonds is 3. The van der Waals surface area contributed by atoms with Crippen LogP contribution >= 0.6 is 0 Å². The lowest BCUT2D eigenvalue weighted by atomic mass is 10.1. The standard InChI is InChI=1S/C12H18O2/c1-9-5-6-11(10(2)7-9)14-8-12(3,4)13/h5-7,13H,8H2,1-4H3. The second-order valence-electron chi connectivity index (χ2n) is 4.37. The second-order valence-corrected chi connectivity index (χ2v) is 4.37. The number of hydrogen-bond donors (Lipinski definition) is 1. The van der Waals surface area contributed by atoms with Gasteiger partial charge in [-0.2, -0.15) is 0 Å². The van der Waals surface area contributed by atoms with E-state index in [1.165, 1.54) is 5.56 Å². The van der Waals surface area contributed by atoms with Gasteiger partial charge in [0, 0.05) is 0 Å². The predicted molar refractivity (Wildman–Crippen MR) is 57.7 cm³/mol. The number of hydrogen-bond acceptors (Lipinski definition) is 2. The smallest absolute Gasteiger partial charge is 0.122 e. The molecular formula is C12H18O2. The van der Waals surface area contributed by atoms with E-state index in [0.717, 1.165) is 11.3 Å². The molecule has 0 bridgehead atoms. The van der Waals surface area contributed by atoms with Gasteiger partial charge >= 0.3 is 0 Å². The number of benzene rings is 1. The molecule has 1 rings (SSSR count). The van der Waals surface area contributed by atoms with Crippen LogP contribution in [0.15, 0.2) is 18.2 Å². The highest BCUT2D eigenvalue weighted by Gasteiger charge is 2.13. The van der Waals surface area contributed by atoms with Gasteiger partial charge in [-0.15, -0.1) is 0 Å². The van der Waals surface area contributed by atoms with Crippen LogP contribution in [0.5, 0.6) is 5.75 Å². The highest BCUT2D eigenvalue weighted by molar-refractivity contribution is 5.35. The third kappa shape index (κ3) is 3.38. The summed E-state index contributed by atoms with van der Waals surface area (Å²) < 4.78 is 5.51. The van der Waals surface area contributed by atoms with Crippen LogP contribution < -0.4 is 4.74 Å². The molecule has 2 heteroatoms. The van der Waals surface area contributed by atoms with Gasteiger partial charge in [-0.25, -0.2) is 0 Å². The summed E-state index contributed by atoms with van der Waals surface area (Å²) in [5, 5.41) is 9.50. The van der Waals surface area contributed by atoms with Crippen molar-refractivity contribution < 1.29 is 9.84 Å². The van der Waals surface area contributed by atoms with Gasteiger partial charge in [-0.05, 0) is 39.3 Å². The van der Waals surface area contributed by atoms with Crippen LogP contribution in [0.25, 0.3) is 0 Å². The summed E-state index contributed by atoms with van der Waals surface area (Å²) in [4.78, 5) is 0. The quantitative estimate of drug-likeness (QED) is 0.801. The van der Waals surface area contributed by atoms with Gasteiger partial charge in [-0.1, -0.05) is 17.7 Å². The van der Waals surface area contributed by atoms with Gasteiger partial charge in [0.05, 0.1) is 5.60 Å². The van der Waals surface area contributed by atoms with E-state index in [0.29, 0.717) is 6.61 Å². The van der Waals surface area contributed by atoms with Crippen molar-refractivity contribution in [3.63, 3.8) is 0 Å². The first-order valence-corrected chi connectivity index (χ1v) is 4.81. The van der Waals surface area contributed by atoms with Crippen molar-refractivity contribution in [3.8, 4) is 5.75 Å². The zero-order valence-corrected chi connectivity index (χ0v) is 9.29. The Hall–Kier alpha value is -1.02. The summed E-state index contributed by atoms with van der Waals surface area (Å²) in [6, 6.07) is 6.02. The minimum atomic E-state index is -0.780. The zero-order valence-electron chi connectivity index (χ0n) is 9.29. The normalized spacial score (nSPS) is 11.5. The first-order chi connectivity index (χ1) is 6.38. The Morgan fingerprint density at radius 2 is 1.93 bits per heavy atom. The average molecular weight is 194 g/mol. The molecule has 14 heavy (non-hydrogen) atoms. The Labute approximate surface area is 85.5 Å². The minimum Gasteiger partial charge on any atom is -0.490 e. The topological polar surface area (TPSA) is 29.5 Å². The molecule has 1 aromatic carbocycles. The molecule has 0 fully saturated rings. The van der Waals surface area contributed by atoms with Crippen molar-refractivity contribution in [3.05, 3.63) is 29.3 Å². The molecule has 0 radical (unpaired) electrons. The van der Waals surface area contributed by atoms with Gasteiger partial charge < -0.3 is 9.84 Å². The van der Waals surface area contributed by atoms with E-state index in [-0.39, 0.29) is 0 Å². The Balaban J connectivity index is 2.68. The summed E-state index contributed by atoms with van der Waals surface area (Å²) in [5.74, 6) is 0.845. The maximum Gasteiger partial charge on any atom is 0.122 e. The molecule has 0 aliphatic heterocycles. The molecule has 2 nitrogen and oxygen atoms in total. The van der Waals surface area contributed by atoms with Crippen molar-refractivity contribution in [1.82, 2.24) is 0 Å². The monoisotopic (exact) mass is 194 g/mol. The molecule has 0 heterocycles. The molecule has 0 amide bonds. The zero-order chi connectivity index (χ0) is 10.8. The van der Waals surface area contributed by atoms with E-state index in [2.05, 4.69) is 6.07 Å². The summed E-state index contributed by atoms with van der Waals surface area (Å²) in [6.45, 7) is 7.84. The van der Waals surface area contributed by atoms with Crippen molar-refractivity contribution in [1.29, 1.82) is 0 Å². The SMILES string of the molecule is Cc1ccc(OCC(C)(C)O)c(C)c1. The number of aliphatic hydroxyl groups is 1. The van der Waals surface area contributed by atoms with Gasteiger partial charge in [0.2, 0.25) is 0 Å². The van der Waals surface area contributed by atoms with Crippen LogP contribution in [0.3, 0.4) is 0 Å².